The molecular weight excluding hydrogens is 393 g/mol. The zero-order valence-electron chi connectivity index (χ0n) is 15.7. The number of halogens is 1. The lowest BCUT2D eigenvalue weighted by molar-refractivity contribution is -0.116. The van der Waals surface area contributed by atoms with Gasteiger partial charge in [0.05, 0.1) is 17.1 Å². The first-order valence-corrected chi connectivity index (χ1v) is 10.9. The van der Waals surface area contributed by atoms with Gasteiger partial charge in [0.2, 0.25) is 5.91 Å². The summed E-state index contributed by atoms with van der Waals surface area (Å²) in [5.41, 5.74) is 2.80. The maximum Gasteiger partial charge on any atom is 0.244 e. The summed E-state index contributed by atoms with van der Waals surface area (Å²) >= 11 is 0. The highest BCUT2D eigenvalue weighted by molar-refractivity contribution is 7.90. The standard InChI is InChI=1S/C21H20FN3O3S/c1-29(27,28)14-13-23-20(26)12-9-17-15-25(19-5-3-2-4-6-19)24-21(17)16-7-10-18(22)11-8-16/h2-12,15H,13-14H2,1H3,(H,23,26)/b12-9+. The molecule has 3 aromatic rings. The molecule has 0 fully saturated rings. The van der Waals surface area contributed by atoms with Crippen LogP contribution in [0.1, 0.15) is 5.56 Å². The fourth-order valence-electron chi connectivity index (χ4n) is 2.64. The van der Waals surface area contributed by atoms with Crippen LogP contribution in [0.25, 0.3) is 23.0 Å². The first kappa shape index (κ1) is 20.5. The number of amides is 1. The number of nitrogens with zero attached hydrogens (tertiary/aromatic N) is 2. The predicted octanol–water partition coefficient (Wildman–Crippen LogP) is 2.85. The van der Waals surface area contributed by atoms with Gasteiger partial charge >= 0.3 is 0 Å². The molecular formula is C21H20FN3O3S. The van der Waals surface area contributed by atoms with Gasteiger partial charge in [0, 0.05) is 36.2 Å². The van der Waals surface area contributed by atoms with E-state index in [1.807, 2.05) is 30.3 Å². The van der Waals surface area contributed by atoms with Gasteiger partial charge in [0.25, 0.3) is 0 Å². The number of sulfone groups is 1. The summed E-state index contributed by atoms with van der Waals surface area (Å²) in [7, 11) is -3.14. The van der Waals surface area contributed by atoms with Crippen LogP contribution in [0.5, 0.6) is 0 Å². The van der Waals surface area contributed by atoms with Crippen LogP contribution in [-0.4, -0.2) is 42.7 Å². The molecule has 0 radical (unpaired) electrons. The number of carbonyl (C=O) groups is 1. The number of benzene rings is 2. The van der Waals surface area contributed by atoms with E-state index in [1.54, 1.807) is 29.1 Å². The van der Waals surface area contributed by atoms with E-state index >= 15 is 0 Å². The molecule has 0 spiro atoms. The molecule has 6 nitrogen and oxygen atoms in total. The summed E-state index contributed by atoms with van der Waals surface area (Å²) in [6.07, 6.45) is 5.80. The molecule has 0 saturated heterocycles. The average Bonchev–Trinajstić information content (AvgIpc) is 3.11. The van der Waals surface area contributed by atoms with Crippen LogP contribution in [0, 0.1) is 5.82 Å². The van der Waals surface area contributed by atoms with Gasteiger partial charge in [-0.15, -0.1) is 0 Å². The van der Waals surface area contributed by atoms with Gasteiger partial charge in [-0.1, -0.05) is 18.2 Å². The van der Waals surface area contributed by atoms with Crippen molar-refractivity contribution in [3.8, 4) is 16.9 Å². The Kier molecular flexibility index (Phi) is 6.23. The van der Waals surface area contributed by atoms with Crippen LogP contribution in [0.4, 0.5) is 4.39 Å². The molecule has 29 heavy (non-hydrogen) atoms. The van der Waals surface area contributed by atoms with Crippen LogP contribution in [0.2, 0.25) is 0 Å². The van der Waals surface area contributed by atoms with Crippen molar-refractivity contribution in [1.29, 1.82) is 0 Å². The Labute approximate surface area is 168 Å². The van der Waals surface area contributed by atoms with Crippen molar-refractivity contribution in [1.82, 2.24) is 15.1 Å². The summed E-state index contributed by atoms with van der Waals surface area (Å²) in [5, 5.41) is 7.12. The Morgan fingerprint density at radius 1 is 1.14 bits per heavy atom. The highest BCUT2D eigenvalue weighted by Gasteiger charge is 2.11. The molecule has 8 heteroatoms. The number of rotatable bonds is 7. The lowest BCUT2D eigenvalue weighted by atomic mass is 10.1. The van der Waals surface area contributed by atoms with E-state index in [-0.39, 0.29) is 18.1 Å². The van der Waals surface area contributed by atoms with Crippen molar-refractivity contribution >= 4 is 21.8 Å². The second-order valence-corrected chi connectivity index (χ2v) is 8.73. The van der Waals surface area contributed by atoms with Gasteiger partial charge in [-0.3, -0.25) is 4.79 Å². The molecule has 1 N–H and O–H groups in total. The summed E-state index contributed by atoms with van der Waals surface area (Å²) < 4.78 is 37.3. The second kappa shape index (κ2) is 8.83. The summed E-state index contributed by atoms with van der Waals surface area (Å²) in [6.45, 7) is 0.0378. The van der Waals surface area contributed by atoms with Crippen LogP contribution in [-0.2, 0) is 14.6 Å². The topological polar surface area (TPSA) is 81.1 Å². The van der Waals surface area contributed by atoms with Crippen LogP contribution >= 0.6 is 0 Å². The molecule has 0 aliphatic rings. The fourth-order valence-corrected chi connectivity index (χ4v) is 3.11. The minimum atomic E-state index is -3.14. The summed E-state index contributed by atoms with van der Waals surface area (Å²) in [4.78, 5) is 12.0. The monoisotopic (exact) mass is 413 g/mol. The third kappa shape index (κ3) is 5.86. The fraction of sp³-hybridized carbons (Fsp3) is 0.143. The third-order valence-electron chi connectivity index (χ3n) is 4.07. The van der Waals surface area contributed by atoms with E-state index in [0.717, 1.165) is 11.9 Å². The molecule has 1 amide bonds. The van der Waals surface area contributed by atoms with E-state index < -0.39 is 15.7 Å². The van der Waals surface area contributed by atoms with Gasteiger partial charge in [-0.2, -0.15) is 5.10 Å². The van der Waals surface area contributed by atoms with Gasteiger partial charge in [-0.05, 0) is 42.5 Å². The molecule has 0 unspecified atom stereocenters. The predicted molar refractivity (Wildman–Crippen MR) is 111 cm³/mol. The van der Waals surface area contributed by atoms with Crippen LogP contribution in [0.3, 0.4) is 0 Å². The number of carbonyl (C=O) groups excluding carboxylic acids is 1. The summed E-state index contributed by atoms with van der Waals surface area (Å²) in [6, 6.07) is 15.4. The van der Waals surface area contributed by atoms with Crippen molar-refractivity contribution in [2.45, 2.75) is 0 Å². The number of aromatic nitrogens is 2. The SMILES string of the molecule is CS(=O)(=O)CCNC(=O)/C=C/c1cn(-c2ccccc2)nc1-c1ccc(F)cc1. The molecule has 0 aliphatic carbocycles. The van der Waals surface area contributed by atoms with Gasteiger partial charge in [-0.25, -0.2) is 17.5 Å². The largest absolute Gasteiger partial charge is 0.352 e. The van der Waals surface area contributed by atoms with Crippen molar-refractivity contribution in [3.63, 3.8) is 0 Å². The minimum absolute atomic E-state index is 0.0378. The van der Waals surface area contributed by atoms with Crippen LogP contribution in [0.15, 0.2) is 66.9 Å². The van der Waals surface area contributed by atoms with Gasteiger partial charge in [0.1, 0.15) is 15.7 Å². The Morgan fingerprint density at radius 2 is 1.83 bits per heavy atom. The molecule has 0 aliphatic heterocycles. The average molecular weight is 413 g/mol. The zero-order valence-corrected chi connectivity index (χ0v) is 16.6. The number of nitrogens with one attached hydrogen (secondary N) is 1. The molecule has 2 aromatic carbocycles. The summed E-state index contributed by atoms with van der Waals surface area (Å²) in [5.74, 6) is -0.885. The Morgan fingerprint density at radius 3 is 2.48 bits per heavy atom. The highest BCUT2D eigenvalue weighted by atomic mass is 32.2. The second-order valence-electron chi connectivity index (χ2n) is 6.47. The van der Waals surface area contributed by atoms with E-state index in [2.05, 4.69) is 10.4 Å². The Bertz CT molecular complexity index is 1120. The van der Waals surface area contributed by atoms with Crippen molar-refractivity contribution in [2.24, 2.45) is 0 Å². The quantitative estimate of drug-likeness (QED) is 0.604. The third-order valence-corrected chi connectivity index (χ3v) is 5.01. The molecule has 0 atom stereocenters. The lowest BCUT2D eigenvalue weighted by Gasteiger charge is -2.01. The Hall–Kier alpha value is -3.26. The smallest absolute Gasteiger partial charge is 0.244 e. The first-order chi connectivity index (χ1) is 13.8. The number of para-hydroxylation sites is 1. The van der Waals surface area contributed by atoms with Crippen molar-refractivity contribution in [3.05, 3.63) is 78.3 Å². The van der Waals surface area contributed by atoms with E-state index in [9.17, 15) is 17.6 Å². The molecule has 150 valence electrons. The van der Waals surface area contributed by atoms with Crippen LogP contribution < -0.4 is 5.32 Å². The maximum absolute atomic E-state index is 13.3. The molecule has 0 saturated carbocycles. The number of hydrogen-bond donors (Lipinski definition) is 1. The Balaban J connectivity index is 1.87. The normalized spacial score (nSPS) is 11.7. The molecule has 0 bridgehead atoms. The van der Waals surface area contributed by atoms with Crippen molar-refractivity contribution < 1.29 is 17.6 Å². The molecule has 1 aromatic heterocycles. The molecule has 1 heterocycles. The maximum atomic E-state index is 13.3. The van der Waals surface area contributed by atoms with E-state index in [1.165, 1.54) is 18.2 Å². The zero-order chi connectivity index (χ0) is 20.9. The first-order valence-electron chi connectivity index (χ1n) is 8.86. The minimum Gasteiger partial charge on any atom is -0.352 e. The van der Waals surface area contributed by atoms with E-state index in [0.29, 0.717) is 16.8 Å². The van der Waals surface area contributed by atoms with E-state index in [4.69, 9.17) is 0 Å². The molecule has 3 rings (SSSR count). The lowest BCUT2D eigenvalue weighted by Crippen LogP contribution is -2.27. The highest BCUT2D eigenvalue weighted by Crippen LogP contribution is 2.25. The van der Waals surface area contributed by atoms with Gasteiger partial charge in [0.15, 0.2) is 0 Å². The van der Waals surface area contributed by atoms with Crippen molar-refractivity contribution in [2.75, 3.05) is 18.6 Å². The number of hydrogen-bond acceptors (Lipinski definition) is 4. The van der Waals surface area contributed by atoms with Gasteiger partial charge < -0.3 is 5.32 Å².